The van der Waals surface area contributed by atoms with Crippen molar-refractivity contribution >= 4 is 33.2 Å². The Morgan fingerprint density at radius 3 is 2.79 bits per heavy atom. The molecule has 2 bridgehead atoms. The fraction of sp³-hybridized carbons (Fsp3) is 0.444. The summed E-state index contributed by atoms with van der Waals surface area (Å²) >= 11 is 5.00. The maximum atomic E-state index is 12.7. The van der Waals surface area contributed by atoms with Crippen LogP contribution in [0.2, 0.25) is 0 Å². The molecule has 2 atom stereocenters. The Bertz CT molecular complexity index is 752. The summed E-state index contributed by atoms with van der Waals surface area (Å²) < 4.78 is 0.998. The highest BCUT2D eigenvalue weighted by Crippen LogP contribution is 2.34. The molecule has 0 unspecified atom stereocenters. The van der Waals surface area contributed by atoms with Gasteiger partial charge >= 0.3 is 0 Å². The number of benzene rings is 1. The van der Waals surface area contributed by atoms with Crippen molar-refractivity contribution in [2.45, 2.75) is 31.8 Å². The van der Waals surface area contributed by atoms with Crippen LogP contribution in [0, 0.1) is 5.92 Å². The molecule has 1 aromatic heterocycles. The van der Waals surface area contributed by atoms with Crippen molar-refractivity contribution in [3.8, 4) is 10.6 Å². The maximum absolute atomic E-state index is 12.7. The Hall–Kier alpha value is -1.24. The van der Waals surface area contributed by atoms with Crippen LogP contribution in [0.4, 0.5) is 0 Å². The lowest BCUT2D eigenvalue weighted by Gasteiger charge is -2.49. The van der Waals surface area contributed by atoms with E-state index >= 15 is 0 Å². The van der Waals surface area contributed by atoms with Crippen LogP contribution in [0.5, 0.6) is 0 Å². The number of piperidine rings is 3. The van der Waals surface area contributed by atoms with Crippen LogP contribution in [-0.2, 0) is 0 Å². The number of hydrogen-bond donors (Lipinski definition) is 1. The van der Waals surface area contributed by atoms with Gasteiger partial charge in [0.1, 0.15) is 9.88 Å². The largest absolute Gasteiger partial charge is 0.347 e. The number of aromatic nitrogens is 1. The molecular weight excluding hydrogens is 386 g/mol. The van der Waals surface area contributed by atoms with Crippen molar-refractivity contribution in [3.63, 3.8) is 0 Å². The average Bonchev–Trinajstić information content (AvgIpc) is 3.09. The van der Waals surface area contributed by atoms with E-state index in [1.807, 2.05) is 24.3 Å². The average molecular weight is 406 g/mol. The Labute approximate surface area is 154 Å². The monoisotopic (exact) mass is 405 g/mol. The summed E-state index contributed by atoms with van der Waals surface area (Å²) in [5.74, 6) is 0.626. The molecule has 5 rings (SSSR count). The Balaban J connectivity index is 1.51. The van der Waals surface area contributed by atoms with Gasteiger partial charge in [-0.3, -0.25) is 9.69 Å². The molecule has 126 valence electrons. The molecule has 1 aromatic carbocycles. The number of thiazole rings is 1. The summed E-state index contributed by atoms with van der Waals surface area (Å²) in [4.78, 5) is 20.3. The second-order valence-corrected chi connectivity index (χ2v) is 8.51. The van der Waals surface area contributed by atoms with Crippen LogP contribution in [0.3, 0.4) is 0 Å². The van der Waals surface area contributed by atoms with E-state index in [1.54, 1.807) is 6.20 Å². The van der Waals surface area contributed by atoms with Gasteiger partial charge < -0.3 is 5.32 Å². The number of carbonyl (C=O) groups excluding carboxylic acids is 1. The van der Waals surface area contributed by atoms with Crippen LogP contribution in [0.25, 0.3) is 10.6 Å². The Morgan fingerprint density at radius 1 is 1.33 bits per heavy atom. The number of nitrogens with one attached hydrogen (secondary N) is 1. The van der Waals surface area contributed by atoms with E-state index in [4.69, 9.17) is 0 Å². The molecular formula is C18H20BrN3OS. The van der Waals surface area contributed by atoms with Gasteiger partial charge in [0.05, 0.1) is 6.20 Å². The van der Waals surface area contributed by atoms with Gasteiger partial charge in [-0.05, 0) is 44.8 Å². The van der Waals surface area contributed by atoms with Gasteiger partial charge in [-0.2, -0.15) is 0 Å². The number of hydrogen-bond acceptors (Lipinski definition) is 4. The van der Waals surface area contributed by atoms with Gasteiger partial charge in [0.25, 0.3) is 5.91 Å². The van der Waals surface area contributed by atoms with Gasteiger partial charge in [-0.1, -0.05) is 34.1 Å². The maximum Gasteiger partial charge on any atom is 0.263 e. The van der Waals surface area contributed by atoms with Gasteiger partial charge in [-0.25, -0.2) is 4.98 Å². The molecule has 0 saturated carbocycles. The normalized spacial score (nSPS) is 28.8. The zero-order chi connectivity index (χ0) is 16.7. The molecule has 4 heterocycles. The number of rotatable bonds is 3. The van der Waals surface area contributed by atoms with Gasteiger partial charge in [0, 0.05) is 22.1 Å². The lowest BCUT2D eigenvalue weighted by atomic mass is 9.79. The molecule has 0 spiro atoms. The summed E-state index contributed by atoms with van der Waals surface area (Å²) in [6.07, 6.45) is 4.08. The minimum atomic E-state index is 0.0106. The lowest BCUT2D eigenvalue weighted by Crippen LogP contribution is -2.62. The predicted molar refractivity (Wildman–Crippen MR) is 100 cm³/mol. The minimum Gasteiger partial charge on any atom is -0.347 e. The second kappa shape index (κ2) is 6.58. The van der Waals surface area contributed by atoms with E-state index < -0.39 is 0 Å². The van der Waals surface area contributed by atoms with E-state index in [2.05, 4.69) is 38.1 Å². The van der Waals surface area contributed by atoms with Crippen LogP contribution < -0.4 is 5.32 Å². The van der Waals surface area contributed by atoms with Crippen LogP contribution in [-0.4, -0.2) is 41.0 Å². The van der Waals surface area contributed by atoms with E-state index in [0.717, 1.165) is 15.0 Å². The third-order valence-electron chi connectivity index (χ3n) is 5.31. The molecule has 3 aliphatic heterocycles. The van der Waals surface area contributed by atoms with Crippen molar-refractivity contribution in [1.29, 1.82) is 0 Å². The molecule has 1 N–H and O–H groups in total. The molecule has 2 aromatic rings. The summed E-state index contributed by atoms with van der Waals surface area (Å²) in [5, 5.41) is 4.14. The number of amides is 1. The fourth-order valence-electron chi connectivity index (χ4n) is 3.91. The van der Waals surface area contributed by atoms with Crippen molar-refractivity contribution in [1.82, 2.24) is 15.2 Å². The topological polar surface area (TPSA) is 45.2 Å². The number of halogens is 1. The van der Waals surface area contributed by atoms with E-state index in [0.29, 0.717) is 16.8 Å². The molecule has 24 heavy (non-hydrogen) atoms. The van der Waals surface area contributed by atoms with Crippen molar-refractivity contribution in [2.75, 3.05) is 13.1 Å². The summed E-state index contributed by atoms with van der Waals surface area (Å²) in [7, 11) is 0. The third kappa shape index (κ3) is 2.91. The first-order valence-electron chi connectivity index (χ1n) is 8.39. The zero-order valence-electron chi connectivity index (χ0n) is 13.5. The molecule has 6 heteroatoms. The van der Waals surface area contributed by atoms with Crippen LogP contribution >= 0.6 is 27.3 Å². The SMILES string of the molecule is C[C@H]1[C@H](NC(=O)c2cnc(-c3ccccc3Br)s2)C2CCN1CC2. The lowest BCUT2D eigenvalue weighted by molar-refractivity contribution is 0.0218. The first-order chi connectivity index (χ1) is 11.6. The minimum absolute atomic E-state index is 0.0106. The summed E-state index contributed by atoms with van der Waals surface area (Å²) in [5.41, 5.74) is 1.03. The van der Waals surface area contributed by atoms with Gasteiger partial charge in [0.15, 0.2) is 0 Å². The first-order valence-corrected chi connectivity index (χ1v) is 10.00. The number of nitrogens with zero attached hydrogens (tertiary/aromatic N) is 2. The van der Waals surface area contributed by atoms with Crippen LogP contribution in [0.1, 0.15) is 29.4 Å². The standard InChI is InChI=1S/C18H20BrN3OS/c1-11-16(12-6-8-22(11)9-7-12)21-17(23)15-10-20-18(24-15)13-4-2-3-5-14(13)19/h2-5,10-12,16H,6-9H2,1H3,(H,21,23)/t11-,16-/m0/s1. The van der Waals surface area contributed by atoms with E-state index in [1.165, 1.54) is 37.3 Å². The summed E-state index contributed by atoms with van der Waals surface area (Å²) in [6.45, 7) is 4.57. The smallest absolute Gasteiger partial charge is 0.263 e. The van der Waals surface area contributed by atoms with Crippen LogP contribution in [0.15, 0.2) is 34.9 Å². The fourth-order valence-corrected chi connectivity index (χ4v) is 5.37. The third-order valence-corrected chi connectivity index (χ3v) is 7.03. The quantitative estimate of drug-likeness (QED) is 0.844. The van der Waals surface area contributed by atoms with Crippen molar-refractivity contribution < 1.29 is 4.79 Å². The molecule has 1 amide bonds. The number of fused-ring (bicyclic) bond motifs is 3. The van der Waals surface area contributed by atoms with Gasteiger partial charge in [-0.15, -0.1) is 11.3 Å². The highest BCUT2D eigenvalue weighted by atomic mass is 79.9. The first kappa shape index (κ1) is 16.2. The molecule has 4 nitrogen and oxygen atoms in total. The number of carbonyl (C=O) groups is 1. The zero-order valence-corrected chi connectivity index (χ0v) is 15.9. The highest BCUT2D eigenvalue weighted by molar-refractivity contribution is 9.10. The summed E-state index contributed by atoms with van der Waals surface area (Å²) in [6, 6.07) is 8.65. The highest BCUT2D eigenvalue weighted by Gasteiger charge is 2.40. The molecule has 3 aliphatic rings. The Morgan fingerprint density at radius 2 is 2.08 bits per heavy atom. The molecule has 3 fully saturated rings. The van der Waals surface area contributed by atoms with Gasteiger partial charge in [0.2, 0.25) is 0 Å². The molecule has 0 radical (unpaired) electrons. The van der Waals surface area contributed by atoms with E-state index in [-0.39, 0.29) is 11.9 Å². The Kier molecular flexibility index (Phi) is 4.45. The van der Waals surface area contributed by atoms with Crippen molar-refractivity contribution in [3.05, 3.63) is 39.8 Å². The second-order valence-electron chi connectivity index (χ2n) is 6.62. The van der Waals surface area contributed by atoms with E-state index in [9.17, 15) is 4.79 Å². The molecule has 0 aliphatic carbocycles. The molecule has 3 saturated heterocycles. The van der Waals surface area contributed by atoms with Crippen molar-refractivity contribution in [2.24, 2.45) is 5.92 Å². The predicted octanol–water partition coefficient (Wildman–Crippen LogP) is 3.79.